The molecule has 0 radical (unpaired) electrons. The van der Waals surface area contributed by atoms with Gasteiger partial charge < -0.3 is 14.2 Å². The average Bonchev–Trinajstić information content (AvgIpc) is 3.45. The molecule has 0 unspecified atom stereocenters. The third-order valence-corrected chi connectivity index (χ3v) is 3.86. The zero-order valence-electron chi connectivity index (χ0n) is 13.6. The molecule has 0 atom stereocenters. The molecule has 0 spiro atoms. The van der Waals surface area contributed by atoms with Crippen molar-refractivity contribution < 1.29 is 14.2 Å². The molecule has 1 aliphatic rings. The van der Waals surface area contributed by atoms with Gasteiger partial charge in [-0.05, 0) is 36.5 Å². The van der Waals surface area contributed by atoms with E-state index in [1.54, 1.807) is 12.1 Å². The fraction of sp³-hybridized carbons (Fsp3) is 0.350. The maximum absolute atomic E-state index is 9.31. The molecule has 2 aromatic rings. The Bertz CT molecular complexity index is 690. The van der Waals surface area contributed by atoms with E-state index in [0.29, 0.717) is 36.9 Å². The highest BCUT2D eigenvalue weighted by Crippen LogP contribution is 2.28. The van der Waals surface area contributed by atoms with Crippen LogP contribution in [0.5, 0.6) is 11.5 Å². The normalized spacial score (nSPS) is 13.3. The van der Waals surface area contributed by atoms with Crippen LogP contribution in [0, 0.1) is 17.2 Å². The topological polar surface area (TPSA) is 51.5 Å². The van der Waals surface area contributed by atoms with Gasteiger partial charge in [-0.15, -0.1) is 0 Å². The first kappa shape index (κ1) is 16.4. The molecule has 0 heterocycles. The van der Waals surface area contributed by atoms with Gasteiger partial charge in [-0.25, -0.2) is 0 Å². The molecule has 0 aromatic heterocycles. The number of hydrogen-bond acceptors (Lipinski definition) is 4. The summed E-state index contributed by atoms with van der Waals surface area (Å²) in [6, 6.07) is 17.3. The van der Waals surface area contributed by atoms with Crippen molar-refractivity contribution in [1.29, 1.82) is 5.26 Å². The molecule has 124 valence electrons. The largest absolute Gasteiger partial charge is 0.491 e. The van der Waals surface area contributed by atoms with Gasteiger partial charge >= 0.3 is 0 Å². The first-order valence-electron chi connectivity index (χ1n) is 8.26. The van der Waals surface area contributed by atoms with Gasteiger partial charge in [0.1, 0.15) is 30.8 Å². The lowest BCUT2D eigenvalue weighted by Gasteiger charge is -2.11. The predicted octanol–water partition coefficient (Wildman–Crippen LogP) is 3.94. The summed E-state index contributed by atoms with van der Waals surface area (Å²) in [7, 11) is 0. The number of hydrogen-bond donors (Lipinski definition) is 0. The molecule has 1 fully saturated rings. The van der Waals surface area contributed by atoms with E-state index in [1.807, 2.05) is 36.4 Å². The van der Waals surface area contributed by atoms with Crippen molar-refractivity contribution in [2.75, 3.05) is 19.8 Å². The smallest absolute Gasteiger partial charge is 0.137 e. The van der Waals surface area contributed by atoms with Gasteiger partial charge in [0.05, 0.1) is 12.2 Å². The molecule has 1 saturated carbocycles. The molecule has 0 N–H and O–H groups in total. The molecule has 4 nitrogen and oxygen atoms in total. The molecule has 0 bridgehead atoms. The van der Waals surface area contributed by atoms with Crippen LogP contribution in [0.3, 0.4) is 0 Å². The third kappa shape index (κ3) is 5.00. The lowest BCUT2D eigenvalue weighted by Crippen LogP contribution is -2.08. The van der Waals surface area contributed by atoms with Crippen LogP contribution < -0.4 is 9.47 Å². The van der Waals surface area contributed by atoms with Gasteiger partial charge in [0, 0.05) is 12.7 Å². The van der Waals surface area contributed by atoms with Crippen molar-refractivity contribution >= 4 is 0 Å². The number of benzene rings is 2. The van der Waals surface area contributed by atoms with Crippen LogP contribution >= 0.6 is 0 Å². The van der Waals surface area contributed by atoms with Gasteiger partial charge in [0.15, 0.2) is 0 Å². The minimum atomic E-state index is 0.435. The molecule has 3 rings (SSSR count). The Morgan fingerprint density at radius 1 is 1.00 bits per heavy atom. The summed E-state index contributed by atoms with van der Waals surface area (Å²) < 4.78 is 16.9. The lowest BCUT2D eigenvalue weighted by molar-refractivity contribution is 0.0927. The van der Waals surface area contributed by atoms with Crippen molar-refractivity contribution in [2.45, 2.75) is 19.4 Å². The number of nitriles is 1. The van der Waals surface area contributed by atoms with E-state index in [4.69, 9.17) is 14.2 Å². The van der Waals surface area contributed by atoms with Gasteiger partial charge in [0.2, 0.25) is 0 Å². The van der Waals surface area contributed by atoms with Crippen LogP contribution in [-0.2, 0) is 11.3 Å². The monoisotopic (exact) mass is 323 g/mol. The Kier molecular flexibility index (Phi) is 5.70. The highest BCUT2D eigenvalue weighted by Gasteiger charge is 2.20. The summed E-state index contributed by atoms with van der Waals surface area (Å²) in [4.78, 5) is 0. The Labute approximate surface area is 142 Å². The molecule has 0 aliphatic heterocycles. The fourth-order valence-corrected chi connectivity index (χ4v) is 2.30. The molecule has 0 saturated heterocycles. The van der Waals surface area contributed by atoms with Crippen LogP contribution in [0.2, 0.25) is 0 Å². The van der Waals surface area contributed by atoms with Crippen molar-refractivity contribution in [1.82, 2.24) is 0 Å². The number of nitrogens with zero attached hydrogens (tertiary/aromatic N) is 1. The highest BCUT2D eigenvalue weighted by atomic mass is 16.5. The summed E-state index contributed by atoms with van der Waals surface area (Å²) in [5, 5.41) is 9.31. The maximum atomic E-state index is 9.31. The van der Waals surface area contributed by atoms with Crippen molar-refractivity contribution in [3.8, 4) is 17.6 Å². The van der Waals surface area contributed by atoms with Crippen molar-refractivity contribution in [3.63, 3.8) is 0 Å². The second-order valence-corrected chi connectivity index (χ2v) is 5.91. The van der Waals surface area contributed by atoms with E-state index in [0.717, 1.165) is 18.1 Å². The molecular formula is C20H21NO3. The van der Waals surface area contributed by atoms with E-state index in [-0.39, 0.29) is 0 Å². The van der Waals surface area contributed by atoms with Crippen LogP contribution in [0.1, 0.15) is 24.0 Å². The predicted molar refractivity (Wildman–Crippen MR) is 91.0 cm³/mol. The SMILES string of the molecule is N#Cc1cc(OCCOCC2CC2)ccc1OCc1ccccc1. The van der Waals surface area contributed by atoms with Crippen LogP contribution in [0.15, 0.2) is 48.5 Å². The quantitative estimate of drug-likeness (QED) is 0.656. The lowest BCUT2D eigenvalue weighted by atomic mass is 10.2. The van der Waals surface area contributed by atoms with E-state index < -0.39 is 0 Å². The fourth-order valence-electron chi connectivity index (χ4n) is 2.30. The Morgan fingerprint density at radius 3 is 2.58 bits per heavy atom. The summed E-state index contributed by atoms with van der Waals surface area (Å²) in [6.45, 7) is 2.33. The number of ether oxygens (including phenoxy) is 3. The van der Waals surface area contributed by atoms with E-state index in [1.165, 1.54) is 12.8 Å². The second-order valence-electron chi connectivity index (χ2n) is 5.91. The average molecular weight is 323 g/mol. The standard InChI is InChI=1S/C20H21NO3/c21-13-18-12-19(23-11-10-22-14-17-6-7-17)8-9-20(18)24-15-16-4-2-1-3-5-16/h1-5,8-9,12,17H,6-7,10-11,14-15H2. The molecule has 24 heavy (non-hydrogen) atoms. The summed E-state index contributed by atoms with van der Waals surface area (Å²) in [5.41, 5.74) is 1.54. The summed E-state index contributed by atoms with van der Waals surface area (Å²) in [6.07, 6.45) is 2.58. The Hall–Kier alpha value is -2.51. The molecule has 0 amide bonds. The zero-order valence-corrected chi connectivity index (χ0v) is 13.6. The zero-order chi connectivity index (χ0) is 16.6. The van der Waals surface area contributed by atoms with Gasteiger partial charge in [0.25, 0.3) is 0 Å². The van der Waals surface area contributed by atoms with E-state index in [2.05, 4.69) is 6.07 Å². The Morgan fingerprint density at radius 2 is 1.83 bits per heavy atom. The van der Waals surface area contributed by atoms with Crippen LogP contribution in [0.25, 0.3) is 0 Å². The second kappa shape index (κ2) is 8.37. The van der Waals surface area contributed by atoms with Crippen molar-refractivity contribution in [3.05, 3.63) is 59.7 Å². The van der Waals surface area contributed by atoms with Crippen LogP contribution in [0.4, 0.5) is 0 Å². The molecule has 4 heteroatoms. The highest BCUT2D eigenvalue weighted by molar-refractivity contribution is 5.47. The van der Waals surface area contributed by atoms with E-state index >= 15 is 0 Å². The van der Waals surface area contributed by atoms with Gasteiger partial charge in [-0.2, -0.15) is 5.26 Å². The molecular weight excluding hydrogens is 302 g/mol. The molecule has 2 aromatic carbocycles. The summed E-state index contributed by atoms with van der Waals surface area (Å²) >= 11 is 0. The third-order valence-electron chi connectivity index (χ3n) is 3.86. The van der Waals surface area contributed by atoms with Crippen molar-refractivity contribution in [2.24, 2.45) is 5.92 Å². The number of rotatable bonds is 9. The van der Waals surface area contributed by atoms with Gasteiger partial charge in [-0.1, -0.05) is 30.3 Å². The first-order valence-corrected chi connectivity index (χ1v) is 8.26. The Balaban J connectivity index is 1.49. The minimum Gasteiger partial charge on any atom is -0.491 e. The minimum absolute atomic E-state index is 0.435. The maximum Gasteiger partial charge on any atom is 0.137 e. The summed E-state index contributed by atoms with van der Waals surface area (Å²) in [5.74, 6) is 1.99. The van der Waals surface area contributed by atoms with Crippen LogP contribution in [-0.4, -0.2) is 19.8 Å². The van der Waals surface area contributed by atoms with E-state index in [9.17, 15) is 5.26 Å². The first-order chi connectivity index (χ1) is 11.8. The molecule has 1 aliphatic carbocycles. The van der Waals surface area contributed by atoms with Gasteiger partial charge in [-0.3, -0.25) is 0 Å².